The van der Waals surface area contributed by atoms with E-state index in [2.05, 4.69) is 0 Å². The molecule has 1 aliphatic rings. The number of aliphatic hydroxyl groups is 1. The lowest BCUT2D eigenvalue weighted by Gasteiger charge is -2.36. The maximum absolute atomic E-state index is 12.4. The fraction of sp³-hybridized carbons (Fsp3) is 0.909. The zero-order chi connectivity index (χ0) is 13.1. The van der Waals surface area contributed by atoms with Gasteiger partial charge < -0.3 is 5.11 Å². The lowest BCUT2D eigenvalue weighted by Crippen LogP contribution is -2.46. The van der Waals surface area contributed by atoms with Gasteiger partial charge in [0.2, 0.25) is 0 Å². The summed E-state index contributed by atoms with van der Waals surface area (Å²) in [6.45, 7) is -0.373. The largest absolute Gasteiger partial charge is 0.405 e. The molecule has 1 saturated carbocycles. The minimum absolute atomic E-state index is 0.262. The Balaban J connectivity index is 2.58. The standard InChI is InChI=1S/C11H17F3N2O/c1-16(7-8(6-15)11(12,13)14)9-4-2-3-5-10(9)17/h8-10,17H,2-5,7H2,1H3. The van der Waals surface area contributed by atoms with Crippen LogP contribution < -0.4 is 0 Å². The van der Waals surface area contributed by atoms with Gasteiger partial charge in [-0.1, -0.05) is 12.8 Å². The topological polar surface area (TPSA) is 47.3 Å². The van der Waals surface area contributed by atoms with Crippen molar-refractivity contribution in [2.45, 2.75) is 44.0 Å². The van der Waals surface area contributed by atoms with Crippen LogP contribution in [0.25, 0.3) is 0 Å². The van der Waals surface area contributed by atoms with Crippen molar-refractivity contribution < 1.29 is 18.3 Å². The first-order valence-corrected chi connectivity index (χ1v) is 5.71. The summed E-state index contributed by atoms with van der Waals surface area (Å²) < 4.78 is 37.3. The summed E-state index contributed by atoms with van der Waals surface area (Å²) >= 11 is 0. The molecule has 17 heavy (non-hydrogen) atoms. The minimum Gasteiger partial charge on any atom is -0.391 e. The third kappa shape index (κ3) is 3.86. The highest BCUT2D eigenvalue weighted by Gasteiger charge is 2.41. The molecule has 3 unspecified atom stereocenters. The Hall–Kier alpha value is -0.800. The van der Waals surface area contributed by atoms with Gasteiger partial charge in [-0.2, -0.15) is 18.4 Å². The number of alkyl halides is 3. The van der Waals surface area contributed by atoms with Crippen LogP contribution in [0.15, 0.2) is 0 Å². The highest BCUT2D eigenvalue weighted by atomic mass is 19.4. The maximum atomic E-state index is 12.4. The SMILES string of the molecule is CN(CC(C#N)C(F)(F)F)C1CCCCC1O. The van der Waals surface area contributed by atoms with Gasteiger partial charge in [0.15, 0.2) is 5.92 Å². The molecule has 6 heteroatoms. The average Bonchev–Trinajstić information content (AvgIpc) is 2.24. The van der Waals surface area contributed by atoms with Crippen molar-refractivity contribution in [1.82, 2.24) is 4.90 Å². The molecule has 1 fully saturated rings. The van der Waals surface area contributed by atoms with Gasteiger partial charge in [0.05, 0.1) is 12.2 Å². The van der Waals surface area contributed by atoms with Gasteiger partial charge in [-0.05, 0) is 19.9 Å². The fourth-order valence-corrected chi connectivity index (χ4v) is 2.25. The summed E-state index contributed by atoms with van der Waals surface area (Å²) in [6.07, 6.45) is -1.95. The molecule has 0 aromatic carbocycles. The molecule has 0 saturated heterocycles. The Morgan fingerprint density at radius 1 is 1.41 bits per heavy atom. The molecular weight excluding hydrogens is 233 g/mol. The number of likely N-dealkylation sites (N-methyl/N-ethyl adjacent to an activating group) is 1. The van der Waals surface area contributed by atoms with E-state index in [0.717, 1.165) is 12.8 Å². The Morgan fingerprint density at radius 3 is 2.47 bits per heavy atom. The summed E-state index contributed by atoms with van der Waals surface area (Å²) in [5.41, 5.74) is 0. The molecule has 0 radical (unpaired) electrons. The molecule has 1 rings (SSSR count). The predicted octanol–water partition coefficient (Wildman–Crippen LogP) is 1.92. The van der Waals surface area contributed by atoms with Crippen LogP contribution in [0, 0.1) is 17.2 Å². The van der Waals surface area contributed by atoms with E-state index in [1.807, 2.05) is 0 Å². The van der Waals surface area contributed by atoms with Crippen molar-refractivity contribution >= 4 is 0 Å². The average molecular weight is 250 g/mol. The predicted molar refractivity (Wildman–Crippen MR) is 56.1 cm³/mol. The second kappa shape index (κ2) is 5.69. The monoisotopic (exact) mass is 250 g/mol. The molecule has 1 aliphatic carbocycles. The number of hydrogen-bond acceptors (Lipinski definition) is 3. The van der Waals surface area contributed by atoms with Crippen LogP contribution in [0.1, 0.15) is 25.7 Å². The third-order valence-electron chi connectivity index (χ3n) is 3.28. The van der Waals surface area contributed by atoms with Crippen molar-refractivity contribution in [3.8, 4) is 6.07 Å². The number of rotatable bonds is 3. The van der Waals surface area contributed by atoms with E-state index in [4.69, 9.17) is 5.26 Å². The Bertz CT molecular complexity index is 287. The summed E-state index contributed by atoms with van der Waals surface area (Å²) in [4.78, 5) is 1.46. The van der Waals surface area contributed by atoms with Crippen molar-refractivity contribution in [2.24, 2.45) is 5.92 Å². The highest BCUT2D eigenvalue weighted by molar-refractivity contribution is 4.92. The van der Waals surface area contributed by atoms with Crippen LogP contribution in [-0.2, 0) is 0 Å². The van der Waals surface area contributed by atoms with Crippen LogP contribution in [0.4, 0.5) is 13.2 Å². The lowest BCUT2D eigenvalue weighted by molar-refractivity contribution is -0.165. The summed E-state index contributed by atoms with van der Waals surface area (Å²) in [5, 5.41) is 18.2. The number of nitriles is 1. The van der Waals surface area contributed by atoms with Gasteiger partial charge in [-0.15, -0.1) is 0 Å². The molecule has 1 N–H and O–H groups in total. The van der Waals surface area contributed by atoms with E-state index in [9.17, 15) is 18.3 Å². The van der Waals surface area contributed by atoms with Crippen LogP contribution in [-0.4, -0.2) is 41.9 Å². The van der Waals surface area contributed by atoms with Gasteiger partial charge in [0.25, 0.3) is 0 Å². The molecule has 0 amide bonds. The number of aliphatic hydroxyl groups excluding tert-OH is 1. The van der Waals surface area contributed by atoms with Crippen LogP contribution in [0.5, 0.6) is 0 Å². The zero-order valence-corrected chi connectivity index (χ0v) is 9.74. The minimum atomic E-state index is -4.50. The maximum Gasteiger partial charge on any atom is 0.405 e. The molecule has 0 heterocycles. The molecule has 0 aromatic heterocycles. The smallest absolute Gasteiger partial charge is 0.391 e. The number of halogens is 3. The Kier molecular flexibility index (Phi) is 4.78. The first-order valence-electron chi connectivity index (χ1n) is 5.71. The van der Waals surface area contributed by atoms with E-state index in [1.54, 1.807) is 0 Å². The van der Waals surface area contributed by atoms with Gasteiger partial charge in [-0.25, -0.2) is 0 Å². The molecule has 0 aliphatic heterocycles. The van der Waals surface area contributed by atoms with Crippen molar-refractivity contribution in [1.29, 1.82) is 5.26 Å². The zero-order valence-electron chi connectivity index (χ0n) is 9.74. The second-order valence-electron chi connectivity index (χ2n) is 4.58. The molecule has 0 aromatic rings. The van der Waals surface area contributed by atoms with E-state index in [1.165, 1.54) is 18.0 Å². The van der Waals surface area contributed by atoms with Crippen molar-refractivity contribution in [3.63, 3.8) is 0 Å². The van der Waals surface area contributed by atoms with Crippen molar-refractivity contribution in [2.75, 3.05) is 13.6 Å². The summed E-state index contributed by atoms with van der Waals surface area (Å²) in [5.74, 6) is -1.98. The Morgan fingerprint density at radius 2 is 2.00 bits per heavy atom. The van der Waals surface area contributed by atoms with Gasteiger partial charge in [0, 0.05) is 12.6 Å². The lowest BCUT2D eigenvalue weighted by atomic mass is 9.91. The molecule has 98 valence electrons. The van der Waals surface area contributed by atoms with Crippen LogP contribution in [0.3, 0.4) is 0 Å². The number of nitrogens with zero attached hydrogens (tertiary/aromatic N) is 2. The fourth-order valence-electron chi connectivity index (χ4n) is 2.25. The van der Waals surface area contributed by atoms with E-state index in [-0.39, 0.29) is 12.6 Å². The van der Waals surface area contributed by atoms with Gasteiger partial charge in [-0.3, -0.25) is 4.90 Å². The van der Waals surface area contributed by atoms with Crippen LogP contribution >= 0.6 is 0 Å². The molecular formula is C11H17F3N2O. The van der Waals surface area contributed by atoms with Crippen molar-refractivity contribution in [3.05, 3.63) is 0 Å². The van der Waals surface area contributed by atoms with E-state index >= 15 is 0 Å². The highest BCUT2D eigenvalue weighted by Crippen LogP contribution is 2.29. The molecule has 0 spiro atoms. The van der Waals surface area contributed by atoms with Gasteiger partial charge in [0.1, 0.15) is 0 Å². The molecule has 3 nitrogen and oxygen atoms in total. The molecule has 0 bridgehead atoms. The molecule has 3 atom stereocenters. The quantitative estimate of drug-likeness (QED) is 0.832. The first-order chi connectivity index (χ1) is 7.86. The third-order valence-corrected chi connectivity index (χ3v) is 3.28. The normalized spacial score (nSPS) is 27.8. The first kappa shape index (κ1) is 14.3. The summed E-state index contributed by atoms with van der Waals surface area (Å²) in [6, 6.07) is 1.02. The Labute approximate surface area is 98.8 Å². The summed E-state index contributed by atoms with van der Waals surface area (Å²) in [7, 11) is 1.54. The van der Waals surface area contributed by atoms with Gasteiger partial charge >= 0.3 is 6.18 Å². The van der Waals surface area contributed by atoms with E-state index < -0.39 is 18.2 Å². The second-order valence-corrected chi connectivity index (χ2v) is 4.58. The number of hydrogen-bond donors (Lipinski definition) is 1. The van der Waals surface area contributed by atoms with Crippen LogP contribution in [0.2, 0.25) is 0 Å². The van der Waals surface area contributed by atoms with E-state index in [0.29, 0.717) is 12.8 Å².